The van der Waals surface area contributed by atoms with Crippen molar-refractivity contribution in [2.24, 2.45) is 0 Å². The number of nitrogens with zero attached hydrogens (tertiary/aromatic N) is 1. The Morgan fingerprint density at radius 1 is 1.28 bits per heavy atom. The average molecular weight is 250 g/mol. The van der Waals surface area contributed by atoms with Gasteiger partial charge >= 0.3 is 0 Å². The predicted octanol–water partition coefficient (Wildman–Crippen LogP) is 2.56. The van der Waals surface area contributed by atoms with Crippen LogP contribution in [0.1, 0.15) is 38.8 Å². The van der Waals surface area contributed by atoms with E-state index >= 15 is 0 Å². The van der Waals surface area contributed by atoms with Crippen molar-refractivity contribution in [3.05, 3.63) is 29.8 Å². The summed E-state index contributed by atoms with van der Waals surface area (Å²) in [6.45, 7) is 7.85. The molecule has 0 spiro atoms. The second-order valence-corrected chi connectivity index (χ2v) is 4.96. The summed E-state index contributed by atoms with van der Waals surface area (Å²) < 4.78 is 0. The number of hydrogen-bond acceptors (Lipinski definition) is 3. The molecule has 0 amide bonds. The summed E-state index contributed by atoms with van der Waals surface area (Å²) in [6, 6.07) is 8.71. The van der Waals surface area contributed by atoms with Gasteiger partial charge in [0.2, 0.25) is 0 Å². The van der Waals surface area contributed by atoms with Crippen molar-refractivity contribution in [3.63, 3.8) is 0 Å². The van der Waals surface area contributed by atoms with Gasteiger partial charge in [0.25, 0.3) is 0 Å². The van der Waals surface area contributed by atoms with E-state index in [1.165, 1.54) is 11.3 Å². The molecular formula is C15H26N2O. The maximum atomic E-state index is 9.50. The third-order valence-electron chi connectivity index (χ3n) is 3.05. The van der Waals surface area contributed by atoms with E-state index in [1.807, 2.05) is 20.0 Å². The number of likely N-dealkylation sites (N-methyl/N-ethyl adjacent to an activating group) is 1. The SMILES string of the molecule is CCCNC(C)c1ccccc1N(C)CC(C)O. The van der Waals surface area contributed by atoms with Crippen LogP contribution >= 0.6 is 0 Å². The molecule has 0 bridgehead atoms. The van der Waals surface area contributed by atoms with Gasteiger partial charge in [-0.05, 0) is 38.4 Å². The smallest absolute Gasteiger partial charge is 0.0686 e. The zero-order valence-corrected chi connectivity index (χ0v) is 12.0. The standard InChI is InChI=1S/C15H26N2O/c1-5-10-16-13(3)14-8-6-7-9-15(14)17(4)11-12(2)18/h6-9,12-13,16,18H,5,10-11H2,1-4H3. The van der Waals surface area contributed by atoms with Crippen LogP contribution in [0, 0.1) is 0 Å². The second kappa shape index (κ2) is 7.39. The quantitative estimate of drug-likeness (QED) is 0.780. The van der Waals surface area contributed by atoms with E-state index in [-0.39, 0.29) is 6.10 Å². The van der Waals surface area contributed by atoms with Crippen molar-refractivity contribution in [1.29, 1.82) is 0 Å². The highest BCUT2D eigenvalue weighted by Gasteiger charge is 2.13. The molecule has 3 nitrogen and oxygen atoms in total. The number of hydrogen-bond donors (Lipinski definition) is 2. The Kier molecular flexibility index (Phi) is 6.16. The van der Waals surface area contributed by atoms with Crippen LogP contribution in [-0.4, -0.2) is 31.3 Å². The summed E-state index contributed by atoms with van der Waals surface area (Å²) in [6.07, 6.45) is 0.817. The normalized spacial score (nSPS) is 14.3. The number of aliphatic hydroxyl groups excluding tert-OH is 1. The van der Waals surface area contributed by atoms with E-state index in [4.69, 9.17) is 0 Å². The Labute approximate surface area is 111 Å². The summed E-state index contributed by atoms with van der Waals surface area (Å²) in [7, 11) is 2.03. The Balaban J connectivity index is 2.84. The summed E-state index contributed by atoms with van der Waals surface area (Å²) >= 11 is 0. The highest BCUT2D eigenvalue weighted by atomic mass is 16.3. The second-order valence-electron chi connectivity index (χ2n) is 4.96. The van der Waals surface area contributed by atoms with E-state index in [0.29, 0.717) is 12.6 Å². The molecule has 0 saturated carbocycles. The van der Waals surface area contributed by atoms with Crippen molar-refractivity contribution in [2.45, 2.75) is 39.3 Å². The monoisotopic (exact) mass is 250 g/mol. The zero-order valence-electron chi connectivity index (χ0n) is 12.0. The summed E-state index contributed by atoms with van der Waals surface area (Å²) in [5, 5.41) is 13.0. The first-order chi connectivity index (χ1) is 8.56. The lowest BCUT2D eigenvalue weighted by Crippen LogP contribution is -2.29. The molecule has 18 heavy (non-hydrogen) atoms. The van der Waals surface area contributed by atoms with Gasteiger partial charge in [0.15, 0.2) is 0 Å². The highest BCUT2D eigenvalue weighted by Crippen LogP contribution is 2.25. The fourth-order valence-corrected chi connectivity index (χ4v) is 2.17. The van der Waals surface area contributed by atoms with Gasteiger partial charge < -0.3 is 15.3 Å². The van der Waals surface area contributed by atoms with Gasteiger partial charge in [-0.25, -0.2) is 0 Å². The lowest BCUT2D eigenvalue weighted by Gasteiger charge is -2.26. The summed E-state index contributed by atoms with van der Waals surface area (Å²) in [4.78, 5) is 2.12. The minimum Gasteiger partial charge on any atom is -0.392 e. The first-order valence-electron chi connectivity index (χ1n) is 6.77. The Morgan fingerprint density at radius 2 is 1.94 bits per heavy atom. The van der Waals surface area contributed by atoms with Gasteiger partial charge in [0, 0.05) is 25.3 Å². The van der Waals surface area contributed by atoms with Crippen LogP contribution < -0.4 is 10.2 Å². The van der Waals surface area contributed by atoms with Crippen LogP contribution in [0.3, 0.4) is 0 Å². The minimum absolute atomic E-state index is 0.318. The molecule has 1 aromatic carbocycles. The van der Waals surface area contributed by atoms with Gasteiger partial charge in [-0.3, -0.25) is 0 Å². The fourth-order valence-electron chi connectivity index (χ4n) is 2.17. The van der Waals surface area contributed by atoms with Crippen molar-refractivity contribution in [2.75, 3.05) is 25.0 Å². The van der Waals surface area contributed by atoms with Crippen LogP contribution in [0.4, 0.5) is 5.69 Å². The van der Waals surface area contributed by atoms with Crippen LogP contribution in [0.5, 0.6) is 0 Å². The van der Waals surface area contributed by atoms with E-state index in [1.54, 1.807) is 0 Å². The van der Waals surface area contributed by atoms with Crippen LogP contribution in [0.25, 0.3) is 0 Å². The maximum Gasteiger partial charge on any atom is 0.0686 e. The number of rotatable bonds is 7. The molecule has 2 unspecified atom stereocenters. The number of anilines is 1. The molecule has 1 aromatic rings. The van der Waals surface area contributed by atoms with Crippen LogP contribution in [0.2, 0.25) is 0 Å². The molecule has 0 heterocycles. The molecular weight excluding hydrogens is 224 g/mol. The van der Waals surface area contributed by atoms with Crippen LogP contribution in [-0.2, 0) is 0 Å². The van der Waals surface area contributed by atoms with Gasteiger partial charge in [0.1, 0.15) is 0 Å². The first-order valence-corrected chi connectivity index (χ1v) is 6.77. The van der Waals surface area contributed by atoms with E-state index in [0.717, 1.165) is 13.0 Å². The van der Waals surface area contributed by atoms with Crippen molar-refractivity contribution >= 4 is 5.69 Å². The molecule has 0 aliphatic carbocycles. The fraction of sp³-hybridized carbons (Fsp3) is 0.600. The van der Waals surface area contributed by atoms with E-state index < -0.39 is 0 Å². The summed E-state index contributed by atoms with van der Waals surface area (Å²) in [5.41, 5.74) is 2.48. The third-order valence-corrected chi connectivity index (χ3v) is 3.05. The highest BCUT2D eigenvalue weighted by molar-refractivity contribution is 5.54. The predicted molar refractivity (Wildman–Crippen MR) is 78.1 cm³/mol. The zero-order chi connectivity index (χ0) is 13.5. The molecule has 0 radical (unpaired) electrons. The Bertz CT molecular complexity index is 352. The number of benzene rings is 1. The van der Waals surface area contributed by atoms with E-state index in [2.05, 4.69) is 42.3 Å². The summed E-state index contributed by atoms with van der Waals surface area (Å²) in [5.74, 6) is 0. The van der Waals surface area contributed by atoms with Gasteiger partial charge in [-0.15, -0.1) is 0 Å². The number of para-hydroxylation sites is 1. The largest absolute Gasteiger partial charge is 0.392 e. The molecule has 2 atom stereocenters. The van der Waals surface area contributed by atoms with Crippen molar-refractivity contribution in [3.8, 4) is 0 Å². The molecule has 102 valence electrons. The van der Waals surface area contributed by atoms with Crippen molar-refractivity contribution in [1.82, 2.24) is 5.32 Å². The topological polar surface area (TPSA) is 35.5 Å². The number of nitrogens with one attached hydrogen (secondary N) is 1. The molecule has 0 aromatic heterocycles. The lowest BCUT2D eigenvalue weighted by molar-refractivity contribution is 0.201. The van der Waals surface area contributed by atoms with Crippen molar-refractivity contribution < 1.29 is 5.11 Å². The number of aliphatic hydroxyl groups is 1. The Hall–Kier alpha value is -1.06. The molecule has 1 rings (SSSR count). The average Bonchev–Trinajstić information content (AvgIpc) is 2.35. The van der Waals surface area contributed by atoms with E-state index in [9.17, 15) is 5.11 Å². The molecule has 0 aliphatic rings. The Morgan fingerprint density at radius 3 is 2.56 bits per heavy atom. The molecule has 3 heteroatoms. The first kappa shape index (κ1) is 15.0. The molecule has 0 saturated heterocycles. The lowest BCUT2D eigenvalue weighted by atomic mass is 10.0. The van der Waals surface area contributed by atoms with Gasteiger partial charge in [0.05, 0.1) is 6.10 Å². The van der Waals surface area contributed by atoms with Crippen LogP contribution in [0.15, 0.2) is 24.3 Å². The molecule has 0 aliphatic heterocycles. The van der Waals surface area contributed by atoms with Gasteiger partial charge in [-0.1, -0.05) is 25.1 Å². The molecule has 2 N–H and O–H groups in total. The third kappa shape index (κ3) is 4.31. The molecule has 0 fully saturated rings. The maximum absolute atomic E-state index is 9.50. The van der Waals surface area contributed by atoms with Gasteiger partial charge in [-0.2, -0.15) is 0 Å². The minimum atomic E-state index is -0.318.